The SMILES string of the molecule is COC(=O)CN(C)c1nccc2c(F)ccc(N)c12. The van der Waals surface area contributed by atoms with Crippen molar-refractivity contribution in [1.29, 1.82) is 0 Å². The first-order valence-corrected chi connectivity index (χ1v) is 5.65. The van der Waals surface area contributed by atoms with Crippen molar-refractivity contribution in [3.63, 3.8) is 0 Å². The van der Waals surface area contributed by atoms with Gasteiger partial charge in [-0.25, -0.2) is 9.37 Å². The van der Waals surface area contributed by atoms with Gasteiger partial charge in [-0.2, -0.15) is 0 Å². The van der Waals surface area contributed by atoms with Gasteiger partial charge in [0.15, 0.2) is 0 Å². The number of hydrogen-bond acceptors (Lipinski definition) is 5. The summed E-state index contributed by atoms with van der Waals surface area (Å²) in [5.41, 5.74) is 6.29. The number of nitrogens with two attached hydrogens (primary N) is 1. The van der Waals surface area contributed by atoms with Crippen molar-refractivity contribution in [2.24, 2.45) is 0 Å². The minimum absolute atomic E-state index is 0.0125. The number of carbonyl (C=O) groups is 1. The summed E-state index contributed by atoms with van der Waals surface area (Å²) in [5, 5.41) is 0.871. The second-order valence-corrected chi connectivity index (χ2v) is 4.13. The third-order valence-electron chi connectivity index (χ3n) is 2.84. The highest BCUT2D eigenvalue weighted by Crippen LogP contribution is 2.30. The smallest absolute Gasteiger partial charge is 0.325 e. The lowest BCUT2D eigenvalue weighted by atomic mass is 10.1. The lowest BCUT2D eigenvalue weighted by Gasteiger charge is -2.19. The number of anilines is 2. The molecule has 0 radical (unpaired) electrons. The third-order valence-corrected chi connectivity index (χ3v) is 2.84. The van der Waals surface area contributed by atoms with Gasteiger partial charge in [-0.15, -0.1) is 0 Å². The molecule has 0 aliphatic carbocycles. The Bertz CT molecular complexity index is 631. The topological polar surface area (TPSA) is 68.5 Å². The molecule has 0 aliphatic rings. The summed E-state index contributed by atoms with van der Waals surface area (Å²) in [7, 11) is 2.98. The number of methoxy groups -OCH3 is 1. The van der Waals surface area contributed by atoms with E-state index < -0.39 is 5.97 Å². The number of pyridine rings is 1. The Morgan fingerprint density at radius 1 is 1.47 bits per heavy atom. The van der Waals surface area contributed by atoms with Crippen molar-refractivity contribution in [3.05, 3.63) is 30.2 Å². The zero-order valence-electron chi connectivity index (χ0n) is 10.7. The maximum Gasteiger partial charge on any atom is 0.325 e. The molecule has 0 saturated heterocycles. The van der Waals surface area contributed by atoms with Gasteiger partial charge in [0.2, 0.25) is 0 Å². The zero-order chi connectivity index (χ0) is 14.0. The van der Waals surface area contributed by atoms with Crippen LogP contribution in [0.25, 0.3) is 10.8 Å². The third kappa shape index (κ3) is 2.42. The van der Waals surface area contributed by atoms with E-state index in [1.807, 2.05) is 0 Å². The molecule has 100 valence electrons. The summed E-state index contributed by atoms with van der Waals surface area (Å²) in [6.45, 7) is 0.0125. The van der Waals surface area contributed by atoms with E-state index in [-0.39, 0.29) is 12.4 Å². The zero-order valence-corrected chi connectivity index (χ0v) is 10.7. The van der Waals surface area contributed by atoms with E-state index in [1.54, 1.807) is 18.0 Å². The van der Waals surface area contributed by atoms with Crippen LogP contribution >= 0.6 is 0 Å². The summed E-state index contributed by atoms with van der Waals surface area (Å²) in [4.78, 5) is 17.0. The van der Waals surface area contributed by atoms with Crippen LogP contribution in [0.3, 0.4) is 0 Å². The predicted octanol–water partition coefficient (Wildman–Crippen LogP) is 1.57. The Kier molecular flexibility index (Phi) is 3.50. The molecule has 19 heavy (non-hydrogen) atoms. The highest BCUT2D eigenvalue weighted by molar-refractivity contribution is 6.01. The van der Waals surface area contributed by atoms with E-state index in [9.17, 15) is 9.18 Å². The van der Waals surface area contributed by atoms with Crippen molar-refractivity contribution in [3.8, 4) is 0 Å². The lowest BCUT2D eigenvalue weighted by molar-refractivity contribution is -0.138. The van der Waals surface area contributed by atoms with Crippen LogP contribution in [0.2, 0.25) is 0 Å². The van der Waals surface area contributed by atoms with Crippen molar-refractivity contribution in [2.75, 3.05) is 31.3 Å². The largest absolute Gasteiger partial charge is 0.468 e. The molecule has 2 aromatic rings. The molecule has 0 amide bonds. The Balaban J connectivity index is 2.55. The second-order valence-electron chi connectivity index (χ2n) is 4.13. The van der Waals surface area contributed by atoms with Gasteiger partial charge >= 0.3 is 5.97 Å². The van der Waals surface area contributed by atoms with Gasteiger partial charge in [0.25, 0.3) is 0 Å². The number of hydrogen-bond donors (Lipinski definition) is 1. The van der Waals surface area contributed by atoms with Crippen LogP contribution in [0.5, 0.6) is 0 Å². The van der Waals surface area contributed by atoms with E-state index in [1.165, 1.54) is 25.4 Å². The summed E-state index contributed by atoms with van der Waals surface area (Å²) < 4.78 is 18.3. The highest BCUT2D eigenvalue weighted by atomic mass is 19.1. The number of aromatic nitrogens is 1. The average molecular weight is 263 g/mol. The maximum atomic E-state index is 13.7. The normalized spacial score (nSPS) is 10.5. The van der Waals surface area contributed by atoms with Gasteiger partial charge in [-0.05, 0) is 18.2 Å². The van der Waals surface area contributed by atoms with Gasteiger partial charge in [-0.3, -0.25) is 4.79 Å². The Morgan fingerprint density at radius 3 is 2.89 bits per heavy atom. The van der Waals surface area contributed by atoms with Crippen LogP contribution < -0.4 is 10.6 Å². The van der Waals surface area contributed by atoms with E-state index in [0.717, 1.165) is 0 Å². The first-order chi connectivity index (χ1) is 9.04. The van der Waals surface area contributed by atoms with Crippen molar-refractivity contribution in [1.82, 2.24) is 4.98 Å². The minimum atomic E-state index is -0.406. The van der Waals surface area contributed by atoms with E-state index in [2.05, 4.69) is 9.72 Å². The Morgan fingerprint density at radius 2 is 2.21 bits per heavy atom. The number of ether oxygens (including phenoxy) is 1. The summed E-state index contributed by atoms with van der Waals surface area (Å²) in [6, 6.07) is 4.34. The minimum Gasteiger partial charge on any atom is -0.468 e. The fourth-order valence-corrected chi connectivity index (χ4v) is 1.89. The summed E-state index contributed by atoms with van der Waals surface area (Å²) in [5.74, 6) is -0.338. The molecule has 0 fully saturated rings. The van der Waals surface area contributed by atoms with E-state index >= 15 is 0 Å². The summed E-state index contributed by atoms with van der Waals surface area (Å²) >= 11 is 0. The standard InChI is InChI=1S/C13H14FN3O2/c1-17(7-11(18)19-2)13-12-8(5-6-16-13)9(14)3-4-10(12)15/h3-6H,7,15H2,1-2H3. The van der Waals surface area contributed by atoms with Crippen LogP contribution in [0.1, 0.15) is 0 Å². The number of benzene rings is 1. The van der Waals surface area contributed by atoms with Gasteiger partial charge in [0.1, 0.15) is 18.2 Å². The van der Waals surface area contributed by atoms with Crippen molar-refractivity contribution in [2.45, 2.75) is 0 Å². The maximum absolute atomic E-state index is 13.7. The van der Waals surface area contributed by atoms with Crippen LogP contribution in [-0.4, -0.2) is 31.7 Å². The monoisotopic (exact) mass is 263 g/mol. The quantitative estimate of drug-likeness (QED) is 0.672. The lowest BCUT2D eigenvalue weighted by Crippen LogP contribution is -2.27. The first-order valence-electron chi connectivity index (χ1n) is 5.65. The molecular formula is C13H14FN3O2. The fourth-order valence-electron chi connectivity index (χ4n) is 1.89. The predicted molar refractivity (Wildman–Crippen MR) is 71.4 cm³/mol. The Hall–Kier alpha value is -2.37. The number of fused-ring (bicyclic) bond motifs is 1. The molecule has 1 aromatic carbocycles. The molecular weight excluding hydrogens is 249 g/mol. The number of esters is 1. The van der Waals surface area contributed by atoms with Crippen LogP contribution in [0, 0.1) is 5.82 Å². The van der Waals surface area contributed by atoms with Gasteiger partial charge in [0, 0.05) is 24.3 Å². The van der Waals surface area contributed by atoms with E-state index in [0.29, 0.717) is 22.3 Å². The molecule has 0 aliphatic heterocycles. The molecule has 1 aromatic heterocycles. The van der Waals surface area contributed by atoms with Crippen LogP contribution in [-0.2, 0) is 9.53 Å². The second kappa shape index (κ2) is 5.09. The van der Waals surface area contributed by atoms with Gasteiger partial charge in [-0.1, -0.05) is 0 Å². The molecule has 1 heterocycles. The molecule has 6 heteroatoms. The van der Waals surface area contributed by atoms with Crippen LogP contribution in [0.15, 0.2) is 24.4 Å². The molecule has 0 spiro atoms. The van der Waals surface area contributed by atoms with Gasteiger partial charge in [0.05, 0.1) is 12.5 Å². The number of rotatable bonds is 3. The molecule has 0 unspecified atom stereocenters. The first kappa shape index (κ1) is 13.1. The van der Waals surface area contributed by atoms with Crippen molar-refractivity contribution < 1.29 is 13.9 Å². The molecule has 0 saturated carbocycles. The van der Waals surface area contributed by atoms with Crippen LogP contribution in [0.4, 0.5) is 15.9 Å². The molecule has 2 rings (SSSR count). The van der Waals surface area contributed by atoms with E-state index in [4.69, 9.17) is 5.73 Å². The number of carbonyl (C=O) groups excluding carboxylic acids is 1. The Labute approximate surface area is 109 Å². The molecule has 0 bridgehead atoms. The average Bonchev–Trinajstić information content (AvgIpc) is 2.42. The molecule has 2 N–H and O–H groups in total. The number of nitrogen functional groups attached to an aromatic ring is 1. The number of nitrogens with zero attached hydrogens (tertiary/aromatic N) is 2. The van der Waals surface area contributed by atoms with Crippen molar-refractivity contribution >= 4 is 28.2 Å². The molecule has 0 atom stereocenters. The molecule has 5 nitrogen and oxygen atoms in total. The fraction of sp³-hybridized carbons (Fsp3) is 0.231. The number of halogens is 1. The highest BCUT2D eigenvalue weighted by Gasteiger charge is 2.15. The van der Waals surface area contributed by atoms with Gasteiger partial charge < -0.3 is 15.4 Å². The number of likely N-dealkylation sites (N-methyl/N-ethyl adjacent to an activating group) is 1. The summed E-state index contributed by atoms with van der Waals surface area (Å²) in [6.07, 6.45) is 1.48.